The van der Waals surface area contributed by atoms with Gasteiger partial charge in [0.15, 0.2) is 0 Å². The fraction of sp³-hybridized carbons (Fsp3) is 0.235. The van der Waals surface area contributed by atoms with Crippen molar-refractivity contribution >= 4 is 28.4 Å². The molecule has 0 unspecified atom stereocenters. The molecule has 6 heteroatoms. The minimum Gasteiger partial charge on any atom is -0.395 e. The monoisotopic (exact) mass is 311 g/mol. The molecule has 0 atom stereocenters. The summed E-state index contributed by atoms with van der Waals surface area (Å²) in [6.45, 7) is 3.58. The number of imide groups is 1. The minimum absolute atomic E-state index is 0.00534. The van der Waals surface area contributed by atoms with Gasteiger partial charge in [-0.2, -0.15) is 0 Å². The highest BCUT2D eigenvalue weighted by molar-refractivity contribution is 6.18. The Morgan fingerprint density at radius 2 is 1.96 bits per heavy atom. The third kappa shape index (κ3) is 2.68. The van der Waals surface area contributed by atoms with Crippen molar-refractivity contribution in [3.63, 3.8) is 0 Å². The van der Waals surface area contributed by atoms with Gasteiger partial charge < -0.3 is 10.4 Å². The fourth-order valence-corrected chi connectivity index (χ4v) is 2.63. The Hall–Kier alpha value is -2.73. The van der Waals surface area contributed by atoms with Crippen LogP contribution < -0.4 is 5.32 Å². The van der Waals surface area contributed by atoms with E-state index in [4.69, 9.17) is 5.11 Å². The molecule has 0 spiro atoms. The van der Waals surface area contributed by atoms with E-state index in [9.17, 15) is 9.59 Å². The van der Waals surface area contributed by atoms with E-state index < -0.39 is 11.8 Å². The van der Waals surface area contributed by atoms with Crippen LogP contribution in [0, 0.1) is 13.8 Å². The highest BCUT2D eigenvalue weighted by Crippen LogP contribution is 2.28. The lowest BCUT2D eigenvalue weighted by molar-refractivity contribution is -0.137. The fourth-order valence-electron chi connectivity index (χ4n) is 2.63. The van der Waals surface area contributed by atoms with Gasteiger partial charge in [-0.3, -0.25) is 19.5 Å². The maximum Gasteiger partial charge on any atom is 0.277 e. The first-order chi connectivity index (χ1) is 11.0. The van der Waals surface area contributed by atoms with Gasteiger partial charge in [-0.15, -0.1) is 0 Å². The lowest BCUT2D eigenvalue weighted by Crippen LogP contribution is -2.34. The Kier molecular flexibility index (Phi) is 3.83. The van der Waals surface area contributed by atoms with Crippen LogP contribution >= 0.6 is 0 Å². The molecule has 1 aliphatic rings. The number of amides is 2. The standard InChI is InChI=1S/C17H17N3O3/c1-10-3-6-13-12(5-4-11(2)18-13)16(10)19-14-9-15(22)20(7-8-21)17(14)23/h3-6,9,19,21H,7-8H2,1-2H3. The second-order valence-corrected chi connectivity index (χ2v) is 5.48. The largest absolute Gasteiger partial charge is 0.395 e. The summed E-state index contributed by atoms with van der Waals surface area (Å²) >= 11 is 0. The zero-order valence-electron chi connectivity index (χ0n) is 13.0. The topological polar surface area (TPSA) is 82.5 Å². The van der Waals surface area contributed by atoms with Gasteiger partial charge in [0.05, 0.1) is 24.4 Å². The molecule has 2 aromatic rings. The molecule has 0 saturated heterocycles. The number of benzene rings is 1. The van der Waals surface area contributed by atoms with Crippen molar-refractivity contribution in [2.24, 2.45) is 0 Å². The molecule has 0 fully saturated rings. The molecule has 118 valence electrons. The molecule has 23 heavy (non-hydrogen) atoms. The number of nitrogens with one attached hydrogen (secondary N) is 1. The van der Waals surface area contributed by atoms with Gasteiger partial charge >= 0.3 is 0 Å². The molecule has 0 bridgehead atoms. The number of fused-ring (bicyclic) bond motifs is 1. The number of pyridine rings is 1. The van der Waals surface area contributed by atoms with Crippen LogP contribution in [0.2, 0.25) is 0 Å². The van der Waals surface area contributed by atoms with Crippen LogP contribution in [0.5, 0.6) is 0 Å². The number of anilines is 1. The summed E-state index contributed by atoms with van der Waals surface area (Å²) in [7, 11) is 0. The van der Waals surface area contributed by atoms with E-state index in [1.807, 2.05) is 38.1 Å². The van der Waals surface area contributed by atoms with E-state index in [0.717, 1.165) is 32.7 Å². The summed E-state index contributed by atoms with van der Waals surface area (Å²) in [6.07, 6.45) is 1.26. The van der Waals surface area contributed by atoms with Crippen LogP contribution in [0.25, 0.3) is 10.9 Å². The number of rotatable bonds is 4. The molecular formula is C17H17N3O3. The number of hydrogen-bond donors (Lipinski definition) is 2. The van der Waals surface area contributed by atoms with E-state index in [1.54, 1.807) is 0 Å². The molecule has 0 radical (unpaired) electrons. The zero-order valence-corrected chi connectivity index (χ0v) is 13.0. The van der Waals surface area contributed by atoms with Crippen molar-refractivity contribution in [3.05, 3.63) is 47.3 Å². The van der Waals surface area contributed by atoms with Crippen molar-refractivity contribution in [1.82, 2.24) is 9.88 Å². The lowest BCUT2D eigenvalue weighted by Gasteiger charge is -2.15. The van der Waals surface area contributed by atoms with Gasteiger partial charge in [0, 0.05) is 17.2 Å². The Bertz CT molecular complexity index is 842. The number of carbonyl (C=O) groups excluding carboxylic acids is 2. The molecule has 1 aliphatic heterocycles. The number of hydrogen-bond acceptors (Lipinski definition) is 5. The highest BCUT2D eigenvalue weighted by atomic mass is 16.3. The Morgan fingerprint density at radius 1 is 1.17 bits per heavy atom. The van der Waals surface area contributed by atoms with Crippen molar-refractivity contribution < 1.29 is 14.7 Å². The molecular weight excluding hydrogens is 294 g/mol. The molecule has 2 N–H and O–H groups in total. The molecule has 6 nitrogen and oxygen atoms in total. The van der Waals surface area contributed by atoms with Gasteiger partial charge in [0.2, 0.25) is 0 Å². The van der Waals surface area contributed by atoms with Gasteiger partial charge in [-0.05, 0) is 37.6 Å². The Balaban J connectivity index is 1.99. The van der Waals surface area contributed by atoms with Crippen molar-refractivity contribution in [2.45, 2.75) is 13.8 Å². The smallest absolute Gasteiger partial charge is 0.277 e. The number of aromatic nitrogens is 1. The van der Waals surface area contributed by atoms with E-state index in [2.05, 4.69) is 10.3 Å². The number of carbonyl (C=O) groups is 2. The van der Waals surface area contributed by atoms with Gasteiger partial charge in [0.1, 0.15) is 5.70 Å². The normalized spacial score (nSPS) is 14.6. The number of β-amino-alcohol motifs (C(OH)–C–C–N with tert-alkyl or cyclic N) is 1. The number of aryl methyl sites for hydroxylation is 2. The molecule has 0 saturated carbocycles. The van der Waals surface area contributed by atoms with Crippen LogP contribution in [-0.2, 0) is 9.59 Å². The third-order valence-corrected chi connectivity index (χ3v) is 3.81. The quantitative estimate of drug-likeness (QED) is 0.836. The summed E-state index contributed by atoms with van der Waals surface area (Å²) < 4.78 is 0. The van der Waals surface area contributed by atoms with Crippen molar-refractivity contribution in [1.29, 1.82) is 0 Å². The average molecular weight is 311 g/mol. The second-order valence-electron chi connectivity index (χ2n) is 5.48. The maximum absolute atomic E-state index is 12.3. The van der Waals surface area contributed by atoms with Gasteiger partial charge in [0.25, 0.3) is 11.8 Å². The van der Waals surface area contributed by atoms with Crippen LogP contribution in [0.15, 0.2) is 36.0 Å². The first-order valence-electron chi connectivity index (χ1n) is 7.33. The highest BCUT2D eigenvalue weighted by Gasteiger charge is 2.31. The van der Waals surface area contributed by atoms with E-state index in [1.165, 1.54) is 6.08 Å². The minimum atomic E-state index is -0.430. The molecule has 3 rings (SSSR count). The number of nitrogens with zero attached hydrogens (tertiary/aromatic N) is 2. The van der Waals surface area contributed by atoms with Gasteiger partial charge in [-0.1, -0.05) is 6.07 Å². The third-order valence-electron chi connectivity index (χ3n) is 3.81. The Labute approximate surface area is 133 Å². The van der Waals surface area contributed by atoms with Crippen LogP contribution in [0.4, 0.5) is 5.69 Å². The first kappa shape index (κ1) is 15.2. The summed E-state index contributed by atoms with van der Waals surface area (Å²) in [5.74, 6) is -0.848. The summed E-state index contributed by atoms with van der Waals surface area (Å²) in [6, 6.07) is 7.70. The summed E-state index contributed by atoms with van der Waals surface area (Å²) in [5.41, 5.74) is 3.65. The molecule has 0 aliphatic carbocycles. The lowest BCUT2D eigenvalue weighted by atomic mass is 10.1. The van der Waals surface area contributed by atoms with Crippen LogP contribution in [0.3, 0.4) is 0 Å². The summed E-state index contributed by atoms with van der Waals surface area (Å²) in [5, 5.41) is 12.9. The number of aliphatic hydroxyl groups excluding tert-OH is 1. The molecule has 1 aromatic carbocycles. The van der Waals surface area contributed by atoms with E-state index in [0.29, 0.717) is 0 Å². The van der Waals surface area contributed by atoms with Crippen molar-refractivity contribution in [3.8, 4) is 0 Å². The molecule has 2 amide bonds. The van der Waals surface area contributed by atoms with E-state index in [-0.39, 0.29) is 18.8 Å². The molecule has 2 heterocycles. The SMILES string of the molecule is Cc1ccc2c(NC3=CC(=O)N(CCO)C3=O)c(C)ccc2n1. The maximum atomic E-state index is 12.3. The Morgan fingerprint density at radius 3 is 2.70 bits per heavy atom. The van der Waals surface area contributed by atoms with Gasteiger partial charge in [-0.25, -0.2) is 0 Å². The zero-order chi connectivity index (χ0) is 16.6. The van der Waals surface area contributed by atoms with Crippen LogP contribution in [0.1, 0.15) is 11.3 Å². The molecule has 1 aromatic heterocycles. The van der Waals surface area contributed by atoms with Crippen molar-refractivity contribution in [2.75, 3.05) is 18.5 Å². The van der Waals surface area contributed by atoms with E-state index >= 15 is 0 Å². The van der Waals surface area contributed by atoms with Crippen LogP contribution in [-0.4, -0.2) is 40.0 Å². The first-order valence-corrected chi connectivity index (χ1v) is 7.33. The predicted octanol–water partition coefficient (Wildman–Crippen LogP) is 1.51. The number of aliphatic hydroxyl groups is 1. The average Bonchev–Trinajstić information content (AvgIpc) is 2.78. The second kappa shape index (κ2) is 5.81. The summed E-state index contributed by atoms with van der Waals surface area (Å²) in [4.78, 5) is 29.6. The predicted molar refractivity (Wildman–Crippen MR) is 86.7 cm³/mol.